The number of hydrogen-bond donors (Lipinski definition) is 0. The second-order valence-electron chi connectivity index (χ2n) is 7.41. The van der Waals surface area contributed by atoms with Gasteiger partial charge in [-0.2, -0.15) is 0 Å². The maximum absolute atomic E-state index is 13.4. The number of ether oxygens (including phenoxy) is 3. The molecule has 28 heavy (non-hydrogen) atoms. The van der Waals surface area contributed by atoms with Gasteiger partial charge in [0.05, 0.1) is 6.61 Å². The first-order valence-electron chi connectivity index (χ1n) is 9.84. The maximum atomic E-state index is 13.4. The average Bonchev–Trinajstić information content (AvgIpc) is 3.19. The lowest BCUT2D eigenvalue weighted by Gasteiger charge is -2.38. The first kappa shape index (κ1) is 18.8. The highest BCUT2D eigenvalue weighted by Crippen LogP contribution is 2.37. The van der Waals surface area contributed by atoms with Gasteiger partial charge in [0.2, 0.25) is 6.79 Å². The molecule has 4 rings (SSSR count). The molecule has 0 bridgehead atoms. The summed E-state index contributed by atoms with van der Waals surface area (Å²) in [6.07, 6.45) is 3.99. The molecule has 5 heteroatoms. The lowest BCUT2D eigenvalue weighted by Crippen LogP contribution is -2.42. The molecule has 0 aromatic heterocycles. The van der Waals surface area contributed by atoms with Crippen LogP contribution < -0.4 is 14.2 Å². The summed E-state index contributed by atoms with van der Waals surface area (Å²) in [6.45, 7) is 7.70. The Kier molecular flexibility index (Phi) is 5.81. The van der Waals surface area contributed by atoms with E-state index in [4.69, 9.17) is 14.2 Å². The van der Waals surface area contributed by atoms with Crippen LogP contribution >= 0.6 is 0 Å². The van der Waals surface area contributed by atoms with Crippen molar-refractivity contribution in [2.75, 3.05) is 33.0 Å². The Morgan fingerprint density at radius 1 is 1.14 bits per heavy atom. The molecule has 2 atom stereocenters. The molecule has 0 unspecified atom stereocenters. The van der Waals surface area contributed by atoms with E-state index in [0.717, 1.165) is 49.7 Å². The van der Waals surface area contributed by atoms with Crippen LogP contribution in [0.15, 0.2) is 55.1 Å². The third-order valence-electron chi connectivity index (χ3n) is 5.57. The molecule has 2 aromatic carbocycles. The van der Waals surface area contributed by atoms with E-state index < -0.39 is 0 Å². The molecule has 0 spiro atoms. The van der Waals surface area contributed by atoms with Gasteiger partial charge in [0, 0.05) is 25.1 Å². The zero-order chi connectivity index (χ0) is 19.3. The van der Waals surface area contributed by atoms with Crippen LogP contribution in [0.5, 0.6) is 17.2 Å². The highest BCUT2D eigenvalue weighted by molar-refractivity contribution is 5.46. The molecule has 148 valence electrons. The number of hydrogen-bond acceptors (Lipinski definition) is 4. The van der Waals surface area contributed by atoms with Gasteiger partial charge >= 0.3 is 0 Å². The van der Waals surface area contributed by atoms with E-state index in [1.54, 1.807) is 12.1 Å². The lowest BCUT2D eigenvalue weighted by atomic mass is 9.81. The fraction of sp³-hybridized carbons (Fsp3) is 0.391. The summed E-state index contributed by atoms with van der Waals surface area (Å²) >= 11 is 0. The van der Waals surface area contributed by atoms with E-state index in [0.29, 0.717) is 18.4 Å². The normalized spacial score (nSPS) is 21.5. The first-order chi connectivity index (χ1) is 13.7. The van der Waals surface area contributed by atoms with E-state index in [9.17, 15) is 4.39 Å². The largest absolute Gasteiger partial charge is 0.493 e. The summed E-state index contributed by atoms with van der Waals surface area (Å²) in [4.78, 5) is 2.47. The molecule has 0 N–H and O–H groups in total. The Hall–Kier alpha value is -2.53. The van der Waals surface area contributed by atoms with Gasteiger partial charge in [-0.25, -0.2) is 4.39 Å². The van der Waals surface area contributed by atoms with E-state index >= 15 is 0 Å². The van der Waals surface area contributed by atoms with Gasteiger partial charge in [-0.3, -0.25) is 0 Å². The molecular weight excluding hydrogens is 357 g/mol. The molecule has 2 heterocycles. The second kappa shape index (κ2) is 8.65. The summed E-state index contributed by atoms with van der Waals surface area (Å²) in [6, 6.07) is 12.6. The van der Waals surface area contributed by atoms with E-state index in [-0.39, 0.29) is 12.6 Å². The number of halogens is 1. The van der Waals surface area contributed by atoms with E-state index in [2.05, 4.69) is 11.5 Å². The summed E-state index contributed by atoms with van der Waals surface area (Å²) in [5, 5.41) is 0. The van der Waals surface area contributed by atoms with Crippen LogP contribution in [0.3, 0.4) is 0 Å². The Morgan fingerprint density at radius 2 is 1.96 bits per heavy atom. The third kappa shape index (κ3) is 4.30. The van der Waals surface area contributed by atoms with Crippen LogP contribution in [0.4, 0.5) is 4.39 Å². The van der Waals surface area contributed by atoms with Gasteiger partial charge in [-0.1, -0.05) is 18.2 Å². The fourth-order valence-corrected chi connectivity index (χ4v) is 4.07. The van der Waals surface area contributed by atoms with E-state index in [1.807, 2.05) is 36.4 Å². The quantitative estimate of drug-likeness (QED) is 0.653. The van der Waals surface area contributed by atoms with Crippen LogP contribution in [-0.2, 0) is 0 Å². The monoisotopic (exact) mass is 383 g/mol. The van der Waals surface area contributed by atoms with Crippen LogP contribution in [0, 0.1) is 11.7 Å². The van der Waals surface area contributed by atoms with Crippen molar-refractivity contribution in [3.63, 3.8) is 0 Å². The van der Waals surface area contributed by atoms with Crippen LogP contribution in [-0.4, -0.2) is 37.9 Å². The molecule has 1 fully saturated rings. The zero-order valence-electron chi connectivity index (χ0n) is 16.0. The van der Waals surface area contributed by atoms with Gasteiger partial charge in [0.1, 0.15) is 11.6 Å². The maximum Gasteiger partial charge on any atom is 0.231 e. The van der Waals surface area contributed by atoms with Crippen LogP contribution in [0.25, 0.3) is 0 Å². The number of rotatable bonds is 7. The molecule has 1 saturated heterocycles. The molecule has 2 aliphatic rings. The number of likely N-dealkylation sites (tertiary alicyclic amines) is 1. The lowest BCUT2D eigenvalue weighted by molar-refractivity contribution is 0.112. The summed E-state index contributed by atoms with van der Waals surface area (Å²) < 4.78 is 30.3. The van der Waals surface area contributed by atoms with Crippen LogP contribution in [0.1, 0.15) is 24.3 Å². The van der Waals surface area contributed by atoms with Gasteiger partial charge in [0.15, 0.2) is 11.5 Å². The average molecular weight is 383 g/mol. The summed E-state index contributed by atoms with van der Waals surface area (Å²) in [5.41, 5.74) is 1.18. The smallest absolute Gasteiger partial charge is 0.231 e. The fourth-order valence-electron chi connectivity index (χ4n) is 4.07. The molecule has 0 radical (unpaired) electrons. The van der Waals surface area contributed by atoms with Gasteiger partial charge in [-0.15, -0.1) is 6.58 Å². The second-order valence-corrected chi connectivity index (χ2v) is 7.41. The van der Waals surface area contributed by atoms with E-state index in [1.165, 1.54) is 5.56 Å². The standard InChI is InChI=1S/C23H26FNO3/c1-2-3-11-25-12-10-21(17-4-6-19(24)7-5-17)18(14-25)15-26-20-8-9-22-23(13-20)28-16-27-22/h2,4-9,13,18,21H,1,3,10-12,14-16H2/t18-,21-/m0/s1. The van der Waals surface area contributed by atoms with Crippen molar-refractivity contribution >= 4 is 0 Å². The minimum Gasteiger partial charge on any atom is -0.493 e. The Labute approximate surface area is 165 Å². The number of piperidine rings is 1. The molecule has 0 amide bonds. The minimum absolute atomic E-state index is 0.194. The number of fused-ring (bicyclic) bond motifs is 1. The Balaban J connectivity index is 1.46. The third-order valence-corrected chi connectivity index (χ3v) is 5.57. The Morgan fingerprint density at radius 3 is 2.79 bits per heavy atom. The first-order valence-corrected chi connectivity index (χ1v) is 9.84. The van der Waals surface area contributed by atoms with Crippen molar-refractivity contribution in [2.45, 2.75) is 18.8 Å². The molecule has 2 aromatic rings. The summed E-state index contributed by atoms with van der Waals surface area (Å²) in [5.74, 6) is 2.75. The molecule has 0 aliphatic carbocycles. The minimum atomic E-state index is -0.194. The molecule has 4 nitrogen and oxygen atoms in total. The van der Waals surface area contributed by atoms with Crippen molar-refractivity contribution in [3.05, 3.63) is 66.5 Å². The van der Waals surface area contributed by atoms with Crippen molar-refractivity contribution in [1.29, 1.82) is 0 Å². The number of benzene rings is 2. The molecule has 2 aliphatic heterocycles. The van der Waals surface area contributed by atoms with Gasteiger partial charge in [-0.05, 0) is 55.1 Å². The Bertz CT molecular complexity index is 808. The van der Waals surface area contributed by atoms with Crippen molar-refractivity contribution < 1.29 is 18.6 Å². The highest BCUT2D eigenvalue weighted by Gasteiger charge is 2.31. The predicted octanol–water partition coefficient (Wildman–Crippen LogP) is 4.62. The van der Waals surface area contributed by atoms with Crippen LogP contribution in [0.2, 0.25) is 0 Å². The molecule has 0 saturated carbocycles. The topological polar surface area (TPSA) is 30.9 Å². The highest BCUT2D eigenvalue weighted by atomic mass is 19.1. The van der Waals surface area contributed by atoms with Crippen molar-refractivity contribution in [3.8, 4) is 17.2 Å². The van der Waals surface area contributed by atoms with Crippen molar-refractivity contribution in [2.24, 2.45) is 5.92 Å². The molecular formula is C23H26FNO3. The number of nitrogens with zero attached hydrogens (tertiary/aromatic N) is 1. The predicted molar refractivity (Wildman–Crippen MR) is 107 cm³/mol. The zero-order valence-corrected chi connectivity index (χ0v) is 16.0. The SMILES string of the molecule is C=CCCN1CC[C@@H](c2ccc(F)cc2)[C@H](COc2ccc3c(c2)OCO3)C1. The van der Waals surface area contributed by atoms with Gasteiger partial charge < -0.3 is 19.1 Å². The summed E-state index contributed by atoms with van der Waals surface area (Å²) in [7, 11) is 0. The van der Waals surface area contributed by atoms with Gasteiger partial charge in [0.25, 0.3) is 0 Å². The van der Waals surface area contributed by atoms with Crippen molar-refractivity contribution in [1.82, 2.24) is 4.90 Å².